The van der Waals surface area contributed by atoms with Crippen molar-refractivity contribution in [3.63, 3.8) is 0 Å². The van der Waals surface area contributed by atoms with Gasteiger partial charge in [0, 0.05) is 19.6 Å². The average Bonchev–Trinajstić information content (AvgIpc) is 2.35. The van der Waals surface area contributed by atoms with Gasteiger partial charge in [-0.1, -0.05) is 13.8 Å². The summed E-state index contributed by atoms with van der Waals surface area (Å²) in [5.74, 6) is 2.25. The zero-order valence-electron chi connectivity index (χ0n) is 11.2. The second kappa shape index (κ2) is 6.45. The largest absolute Gasteiger partial charge is 0.495 e. The molecule has 0 fully saturated rings. The molecule has 0 aliphatic carbocycles. The smallest absolute Gasteiger partial charge is 0.137 e. The van der Waals surface area contributed by atoms with Crippen molar-refractivity contribution >= 4 is 5.82 Å². The Bertz CT molecular complexity index is 324. The normalized spacial score (nSPS) is 12.6. The minimum atomic E-state index is 0.246. The molecule has 1 heterocycles. The van der Waals surface area contributed by atoms with Gasteiger partial charge in [0.15, 0.2) is 0 Å². The van der Waals surface area contributed by atoms with Crippen LogP contribution in [-0.4, -0.2) is 31.7 Å². The first-order chi connectivity index (χ1) is 8.04. The summed E-state index contributed by atoms with van der Waals surface area (Å²) in [6.45, 7) is 5.21. The standard InChI is InChI=1S/C13H23N3O/c1-10(2)12(14)7-8-16(3)13-6-5-11(17-4)9-15-13/h5-6,9-10,12H,7-8,14H2,1-4H3. The van der Waals surface area contributed by atoms with Crippen molar-refractivity contribution in [3.05, 3.63) is 18.3 Å². The lowest BCUT2D eigenvalue weighted by molar-refractivity contribution is 0.413. The highest BCUT2D eigenvalue weighted by molar-refractivity contribution is 5.39. The monoisotopic (exact) mass is 237 g/mol. The molecule has 0 saturated heterocycles. The number of nitrogens with zero attached hydrogens (tertiary/aromatic N) is 2. The lowest BCUT2D eigenvalue weighted by Crippen LogP contribution is -2.32. The predicted molar refractivity (Wildman–Crippen MR) is 71.5 cm³/mol. The Balaban J connectivity index is 2.48. The molecule has 2 N–H and O–H groups in total. The number of methoxy groups -OCH3 is 1. The molecule has 1 atom stereocenters. The second-order valence-corrected chi connectivity index (χ2v) is 4.67. The Morgan fingerprint density at radius 2 is 2.12 bits per heavy atom. The van der Waals surface area contributed by atoms with Crippen molar-refractivity contribution in [2.45, 2.75) is 26.3 Å². The van der Waals surface area contributed by atoms with Gasteiger partial charge >= 0.3 is 0 Å². The molecule has 1 unspecified atom stereocenters. The van der Waals surface area contributed by atoms with Crippen LogP contribution in [-0.2, 0) is 0 Å². The van der Waals surface area contributed by atoms with E-state index < -0.39 is 0 Å². The Morgan fingerprint density at radius 1 is 1.41 bits per heavy atom. The molecule has 0 amide bonds. The van der Waals surface area contributed by atoms with E-state index in [0.717, 1.165) is 24.5 Å². The molecule has 0 aromatic carbocycles. The summed E-state index contributed by atoms with van der Waals surface area (Å²) in [4.78, 5) is 6.45. The third-order valence-corrected chi connectivity index (χ3v) is 3.00. The molecule has 96 valence electrons. The minimum Gasteiger partial charge on any atom is -0.495 e. The SMILES string of the molecule is COc1ccc(N(C)CCC(N)C(C)C)nc1. The Morgan fingerprint density at radius 3 is 2.59 bits per heavy atom. The van der Waals surface area contributed by atoms with Gasteiger partial charge in [0.2, 0.25) is 0 Å². The maximum atomic E-state index is 6.02. The second-order valence-electron chi connectivity index (χ2n) is 4.67. The Hall–Kier alpha value is -1.29. The van der Waals surface area contributed by atoms with Gasteiger partial charge in [-0.3, -0.25) is 0 Å². The summed E-state index contributed by atoms with van der Waals surface area (Å²) < 4.78 is 5.08. The van der Waals surface area contributed by atoms with Crippen molar-refractivity contribution in [1.29, 1.82) is 0 Å². The van der Waals surface area contributed by atoms with Crippen LogP contribution in [0.1, 0.15) is 20.3 Å². The Kier molecular flexibility index (Phi) is 5.22. The number of anilines is 1. The van der Waals surface area contributed by atoms with Gasteiger partial charge in [0.05, 0.1) is 13.3 Å². The first-order valence-electron chi connectivity index (χ1n) is 6.01. The summed E-state index contributed by atoms with van der Waals surface area (Å²) in [5, 5.41) is 0. The molecule has 1 rings (SSSR count). The van der Waals surface area contributed by atoms with E-state index in [1.807, 2.05) is 19.2 Å². The highest BCUT2D eigenvalue weighted by Crippen LogP contribution is 2.15. The highest BCUT2D eigenvalue weighted by Gasteiger charge is 2.09. The van der Waals surface area contributed by atoms with Crippen LogP contribution in [0.15, 0.2) is 18.3 Å². The van der Waals surface area contributed by atoms with Gasteiger partial charge in [-0.25, -0.2) is 4.98 Å². The molecule has 0 aliphatic heterocycles. The molecule has 0 bridgehead atoms. The van der Waals surface area contributed by atoms with E-state index in [1.165, 1.54) is 0 Å². The molecule has 0 saturated carbocycles. The fourth-order valence-electron chi connectivity index (χ4n) is 1.51. The van der Waals surface area contributed by atoms with Crippen LogP contribution < -0.4 is 15.4 Å². The number of ether oxygens (including phenoxy) is 1. The molecule has 1 aromatic heterocycles. The van der Waals surface area contributed by atoms with Crippen LogP contribution in [0.5, 0.6) is 5.75 Å². The molecule has 17 heavy (non-hydrogen) atoms. The number of rotatable bonds is 6. The maximum Gasteiger partial charge on any atom is 0.137 e. The van der Waals surface area contributed by atoms with Gasteiger partial charge in [-0.2, -0.15) is 0 Å². The molecule has 0 radical (unpaired) electrons. The third kappa shape index (κ3) is 4.23. The van der Waals surface area contributed by atoms with E-state index in [9.17, 15) is 0 Å². The first kappa shape index (κ1) is 13.8. The van der Waals surface area contributed by atoms with Crippen molar-refractivity contribution < 1.29 is 4.74 Å². The molecule has 1 aromatic rings. The zero-order chi connectivity index (χ0) is 12.8. The average molecular weight is 237 g/mol. The molecule has 0 spiro atoms. The number of pyridine rings is 1. The Labute approximate surface area is 104 Å². The van der Waals surface area contributed by atoms with Crippen molar-refractivity contribution in [1.82, 2.24) is 4.98 Å². The number of hydrogen-bond acceptors (Lipinski definition) is 4. The summed E-state index contributed by atoms with van der Waals surface area (Å²) in [5.41, 5.74) is 6.02. The van der Waals surface area contributed by atoms with Crippen LogP contribution in [0.3, 0.4) is 0 Å². The van der Waals surface area contributed by atoms with Gasteiger partial charge in [0.25, 0.3) is 0 Å². The van der Waals surface area contributed by atoms with E-state index in [1.54, 1.807) is 13.3 Å². The summed E-state index contributed by atoms with van der Waals surface area (Å²) >= 11 is 0. The van der Waals surface area contributed by atoms with Crippen molar-refractivity contribution in [3.8, 4) is 5.75 Å². The molecule has 0 aliphatic rings. The lowest BCUT2D eigenvalue weighted by atomic mass is 10.0. The first-order valence-corrected chi connectivity index (χ1v) is 6.01. The highest BCUT2D eigenvalue weighted by atomic mass is 16.5. The summed E-state index contributed by atoms with van der Waals surface area (Å²) in [6, 6.07) is 4.12. The van der Waals surface area contributed by atoms with Gasteiger partial charge in [-0.05, 0) is 24.5 Å². The topological polar surface area (TPSA) is 51.4 Å². The van der Waals surface area contributed by atoms with Crippen molar-refractivity contribution in [2.24, 2.45) is 11.7 Å². The van der Waals surface area contributed by atoms with Crippen LogP contribution in [0.4, 0.5) is 5.82 Å². The van der Waals surface area contributed by atoms with Gasteiger partial charge < -0.3 is 15.4 Å². The third-order valence-electron chi connectivity index (χ3n) is 3.00. The zero-order valence-corrected chi connectivity index (χ0v) is 11.2. The fourth-order valence-corrected chi connectivity index (χ4v) is 1.51. The summed E-state index contributed by atoms with van der Waals surface area (Å²) in [6.07, 6.45) is 2.70. The van der Waals surface area contributed by atoms with E-state index in [4.69, 9.17) is 10.5 Å². The lowest BCUT2D eigenvalue weighted by Gasteiger charge is -2.22. The quantitative estimate of drug-likeness (QED) is 0.821. The van der Waals surface area contributed by atoms with Crippen LogP contribution >= 0.6 is 0 Å². The fraction of sp³-hybridized carbons (Fsp3) is 0.615. The van der Waals surface area contributed by atoms with Gasteiger partial charge in [0.1, 0.15) is 11.6 Å². The van der Waals surface area contributed by atoms with E-state index in [2.05, 4.69) is 23.7 Å². The van der Waals surface area contributed by atoms with Crippen LogP contribution in [0.25, 0.3) is 0 Å². The number of hydrogen-bond donors (Lipinski definition) is 1. The minimum absolute atomic E-state index is 0.246. The molecule has 4 heteroatoms. The number of aromatic nitrogens is 1. The van der Waals surface area contributed by atoms with Crippen LogP contribution in [0.2, 0.25) is 0 Å². The molecular formula is C13H23N3O. The van der Waals surface area contributed by atoms with Gasteiger partial charge in [-0.15, -0.1) is 0 Å². The maximum absolute atomic E-state index is 6.02. The van der Waals surface area contributed by atoms with Crippen LogP contribution in [0, 0.1) is 5.92 Å². The predicted octanol–water partition coefficient (Wildman–Crippen LogP) is 1.90. The number of nitrogens with two attached hydrogens (primary N) is 1. The van der Waals surface area contributed by atoms with Crippen molar-refractivity contribution in [2.75, 3.05) is 25.6 Å². The summed E-state index contributed by atoms with van der Waals surface area (Å²) in [7, 11) is 3.67. The van der Waals surface area contributed by atoms with E-state index >= 15 is 0 Å². The molecule has 4 nitrogen and oxygen atoms in total. The van der Waals surface area contributed by atoms with E-state index in [-0.39, 0.29) is 6.04 Å². The van der Waals surface area contributed by atoms with E-state index in [0.29, 0.717) is 5.92 Å². The molecular weight excluding hydrogens is 214 g/mol.